The number of hydrogen-bond acceptors (Lipinski definition) is 2. The largest absolute Gasteiger partial charge is 0.497 e. The number of para-hydroxylation sites is 1. The maximum atomic E-state index is 6.39. The van der Waals surface area contributed by atoms with Crippen LogP contribution in [0.3, 0.4) is 0 Å². The molecule has 0 saturated carbocycles. The summed E-state index contributed by atoms with van der Waals surface area (Å²) in [5.41, 5.74) is 3.79. The zero-order valence-corrected chi connectivity index (χ0v) is 13.2. The van der Waals surface area contributed by atoms with Crippen molar-refractivity contribution in [1.82, 2.24) is 9.55 Å². The van der Waals surface area contributed by atoms with Crippen LogP contribution in [0.25, 0.3) is 16.7 Å². The number of halogens is 2. The lowest BCUT2D eigenvalue weighted by Gasteiger charge is -2.13. The first-order valence-electron chi connectivity index (χ1n) is 6.52. The van der Waals surface area contributed by atoms with Gasteiger partial charge in [-0.3, -0.25) is 4.57 Å². The second kappa shape index (κ2) is 5.58. The Morgan fingerprint density at radius 2 is 2.05 bits per heavy atom. The number of hydrogen-bond donors (Lipinski definition) is 0. The van der Waals surface area contributed by atoms with Crippen LogP contribution in [0.1, 0.15) is 11.4 Å². The van der Waals surface area contributed by atoms with Gasteiger partial charge in [0, 0.05) is 6.07 Å². The lowest BCUT2D eigenvalue weighted by molar-refractivity contribution is 0.415. The summed E-state index contributed by atoms with van der Waals surface area (Å²) in [6.07, 6.45) is 0. The molecule has 5 heteroatoms. The molecule has 0 atom stereocenters. The highest BCUT2D eigenvalue weighted by molar-refractivity contribution is 6.32. The number of rotatable bonds is 3. The number of fused-ring (bicyclic) bond motifs is 1. The van der Waals surface area contributed by atoms with Crippen molar-refractivity contribution >= 4 is 34.2 Å². The molecule has 0 bridgehead atoms. The van der Waals surface area contributed by atoms with E-state index in [1.54, 1.807) is 7.11 Å². The normalized spacial score (nSPS) is 11.0. The van der Waals surface area contributed by atoms with Crippen molar-refractivity contribution in [2.24, 2.45) is 0 Å². The molecule has 0 amide bonds. The Hall–Kier alpha value is -1.71. The third kappa shape index (κ3) is 2.37. The average Bonchev–Trinajstić information content (AvgIpc) is 2.84. The van der Waals surface area contributed by atoms with Gasteiger partial charge >= 0.3 is 0 Å². The molecule has 0 aliphatic carbocycles. The Morgan fingerprint density at radius 3 is 2.71 bits per heavy atom. The number of methoxy groups -OCH3 is 1. The second-order valence-electron chi connectivity index (χ2n) is 4.76. The van der Waals surface area contributed by atoms with Crippen LogP contribution in [0.15, 0.2) is 36.4 Å². The van der Waals surface area contributed by atoms with Crippen molar-refractivity contribution in [3.05, 3.63) is 52.8 Å². The Balaban J connectivity index is 2.36. The summed E-state index contributed by atoms with van der Waals surface area (Å²) < 4.78 is 7.26. The van der Waals surface area contributed by atoms with Gasteiger partial charge in [0.25, 0.3) is 0 Å². The summed E-state index contributed by atoms with van der Waals surface area (Å²) >= 11 is 12.5. The first kappa shape index (κ1) is 14.2. The van der Waals surface area contributed by atoms with E-state index in [2.05, 4.69) is 4.98 Å². The summed E-state index contributed by atoms with van der Waals surface area (Å²) in [6, 6.07) is 11.6. The SMILES string of the molecule is COc1ccc2c(c1)nc(CCl)n2-c1c(C)cccc1Cl. The fourth-order valence-electron chi connectivity index (χ4n) is 2.48. The van der Waals surface area contributed by atoms with Gasteiger partial charge in [0.15, 0.2) is 0 Å². The number of ether oxygens (including phenoxy) is 1. The van der Waals surface area contributed by atoms with E-state index in [9.17, 15) is 0 Å². The van der Waals surface area contributed by atoms with E-state index >= 15 is 0 Å². The summed E-state index contributed by atoms with van der Waals surface area (Å²) in [5, 5.41) is 0.677. The maximum Gasteiger partial charge on any atom is 0.129 e. The van der Waals surface area contributed by atoms with E-state index < -0.39 is 0 Å². The topological polar surface area (TPSA) is 27.1 Å². The van der Waals surface area contributed by atoms with E-state index in [1.807, 2.05) is 47.9 Å². The molecule has 0 saturated heterocycles. The third-order valence-electron chi connectivity index (χ3n) is 3.46. The van der Waals surface area contributed by atoms with Gasteiger partial charge in [-0.2, -0.15) is 0 Å². The molecule has 1 aromatic heterocycles. The second-order valence-corrected chi connectivity index (χ2v) is 5.43. The number of aromatic nitrogens is 2. The van der Waals surface area contributed by atoms with Crippen molar-refractivity contribution in [3.63, 3.8) is 0 Å². The molecule has 0 aliphatic rings. The van der Waals surface area contributed by atoms with Crippen LogP contribution in [0, 0.1) is 6.92 Å². The molecule has 0 aliphatic heterocycles. The van der Waals surface area contributed by atoms with Crippen molar-refractivity contribution in [3.8, 4) is 11.4 Å². The van der Waals surface area contributed by atoms with Gasteiger partial charge < -0.3 is 4.74 Å². The molecule has 21 heavy (non-hydrogen) atoms. The predicted molar refractivity (Wildman–Crippen MR) is 86.9 cm³/mol. The fraction of sp³-hybridized carbons (Fsp3) is 0.188. The van der Waals surface area contributed by atoms with Gasteiger partial charge in [-0.25, -0.2) is 4.98 Å². The zero-order chi connectivity index (χ0) is 15.0. The van der Waals surface area contributed by atoms with Gasteiger partial charge in [-0.15, -0.1) is 11.6 Å². The smallest absolute Gasteiger partial charge is 0.129 e. The van der Waals surface area contributed by atoms with E-state index in [1.165, 1.54) is 0 Å². The van der Waals surface area contributed by atoms with Crippen molar-refractivity contribution in [1.29, 1.82) is 0 Å². The molecule has 0 spiro atoms. The van der Waals surface area contributed by atoms with Gasteiger partial charge in [0.1, 0.15) is 11.6 Å². The van der Waals surface area contributed by atoms with Crippen LogP contribution >= 0.6 is 23.2 Å². The number of aryl methyl sites for hydroxylation is 1. The van der Waals surface area contributed by atoms with E-state index in [0.29, 0.717) is 10.9 Å². The highest BCUT2D eigenvalue weighted by Gasteiger charge is 2.16. The quantitative estimate of drug-likeness (QED) is 0.652. The summed E-state index contributed by atoms with van der Waals surface area (Å²) in [6.45, 7) is 2.02. The first-order chi connectivity index (χ1) is 10.2. The van der Waals surface area contributed by atoms with Gasteiger partial charge in [-0.1, -0.05) is 23.7 Å². The summed E-state index contributed by atoms with van der Waals surface area (Å²) in [7, 11) is 1.64. The summed E-state index contributed by atoms with van der Waals surface area (Å²) in [5.74, 6) is 1.84. The van der Waals surface area contributed by atoms with Crippen molar-refractivity contribution in [2.45, 2.75) is 12.8 Å². The van der Waals surface area contributed by atoms with Crippen molar-refractivity contribution < 1.29 is 4.74 Å². The lowest BCUT2D eigenvalue weighted by Crippen LogP contribution is -2.02. The van der Waals surface area contributed by atoms with Crippen molar-refractivity contribution in [2.75, 3.05) is 7.11 Å². The maximum absolute atomic E-state index is 6.39. The molecule has 0 radical (unpaired) electrons. The van der Waals surface area contributed by atoms with Gasteiger partial charge in [-0.05, 0) is 30.7 Å². The van der Waals surface area contributed by atoms with Crippen LogP contribution in [-0.2, 0) is 5.88 Å². The molecule has 0 unspecified atom stereocenters. The Labute approximate surface area is 133 Å². The van der Waals surface area contributed by atoms with Crippen LogP contribution in [-0.4, -0.2) is 16.7 Å². The Bertz CT molecular complexity index is 791. The molecule has 0 fully saturated rings. The predicted octanol–water partition coefficient (Wildman–Crippen LogP) is 4.73. The molecule has 1 heterocycles. The molecular formula is C16H14Cl2N2O. The molecule has 3 rings (SSSR count). The monoisotopic (exact) mass is 320 g/mol. The molecule has 3 aromatic rings. The average molecular weight is 321 g/mol. The van der Waals surface area contributed by atoms with Gasteiger partial charge in [0.05, 0.1) is 34.7 Å². The number of alkyl halides is 1. The first-order valence-corrected chi connectivity index (χ1v) is 7.43. The fourth-order valence-corrected chi connectivity index (χ4v) is 2.97. The van der Waals surface area contributed by atoms with Crippen LogP contribution in [0.4, 0.5) is 0 Å². The van der Waals surface area contributed by atoms with E-state index in [4.69, 9.17) is 27.9 Å². The number of benzene rings is 2. The molecular weight excluding hydrogens is 307 g/mol. The highest BCUT2D eigenvalue weighted by atomic mass is 35.5. The highest BCUT2D eigenvalue weighted by Crippen LogP contribution is 2.31. The minimum Gasteiger partial charge on any atom is -0.497 e. The van der Waals surface area contributed by atoms with E-state index in [0.717, 1.165) is 33.9 Å². The standard InChI is InChI=1S/C16H14Cl2N2O/c1-10-4-3-5-12(18)16(10)20-14-7-6-11(21-2)8-13(14)19-15(20)9-17/h3-8H,9H2,1-2H3. The molecule has 2 aromatic carbocycles. The zero-order valence-electron chi connectivity index (χ0n) is 11.7. The lowest BCUT2D eigenvalue weighted by atomic mass is 10.2. The van der Waals surface area contributed by atoms with E-state index in [-0.39, 0.29) is 0 Å². The molecule has 0 N–H and O–H groups in total. The minimum atomic E-state index is 0.307. The number of imidazole rings is 1. The van der Waals surface area contributed by atoms with Gasteiger partial charge in [0.2, 0.25) is 0 Å². The minimum absolute atomic E-state index is 0.307. The third-order valence-corrected chi connectivity index (χ3v) is 4.01. The van der Waals surface area contributed by atoms with Crippen LogP contribution in [0.2, 0.25) is 5.02 Å². The van der Waals surface area contributed by atoms with Crippen LogP contribution < -0.4 is 4.74 Å². The Morgan fingerprint density at radius 1 is 1.24 bits per heavy atom. The molecule has 108 valence electrons. The summed E-state index contributed by atoms with van der Waals surface area (Å²) in [4.78, 5) is 4.59. The van der Waals surface area contributed by atoms with Crippen LogP contribution in [0.5, 0.6) is 5.75 Å². The molecule has 3 nitrogen and oxygen atoms in total. The Kier molecular flexibility index (Phi) is 3.79. The number of nitrogens with zero attached hydrogens (tertiary/aromatic N) is 2.